The van der Waals surface area contributed by atoms with E-state index in [-0.39, 0.29) is 11.7 Å². The first-order valence-corrected chi connectivity index (χ1v) is 10.7. The standard InChI is InChI=1S/C22H25N3O4S/c1-5-29-20(26)13-30-22-15(11-23)21(16-12-25(2)9-8-17(16)24-22)14-6-7-18(27-3)19(10-14)28-4/h6-7,10H,5,8-9,12-13H2,1-4H3. The van der Waals surface area contributed by atoms with E-state index in [0.717, 1.165) is 35.3 Å². The molecule has 158 valence electrons. The van der Waals surface area contributed by atoms with Crippen LogP contribution in [-0.2, 0) is 22.5 Å². The number of hydrogen-bond donors (Lipinski definition) is 0. The zero-order valence-electron chi connectivity index (χ0n) is 17.7. The van der Waals surface area contributed by atoms with Crippen molar-refractivity contribution >= 4 is 17.7 Å². The lowest BCUT2D eigenvalue weighted by atomic mass is 9.91. The van der Waals surface area contributed by atoms with Gasteiger partial charge in [-0.25, -0.2) is 4.98 Å². The maximum atomic E-state index is 11.9. The minimum Gasteiger partial charge on any atom is -0.493 e. The van der Waals surface area contributed by atoms with Crippen molar-refractivity contribution in [2.75, 3.05) is 40.2 Å². The van der Waals surface area contributed by atoms with Crippen molar-refractivity contribution < 1.29 is 19.0 Å². The highest BCUT2D eigenvalue weighted by Gasteiger charge is 2.26. The van der Waals surface area contributed by atoms with Crippen LogP contribution in [-0.4, -0.2) is 56.0 Å². The zero-order valence-corrected chi connectivity index (χ0v) is 18.5. The number of fused-ring (bicyclic) bond motifs is 1. The quantitative estimate of drug-likeness (QED) is 0.492. The number of esters is 1. The van der Waals surface area contributed by atoms with E-state index in [0.29, 0.717) is 35.2 Å². The van der Waals surface area contributed by atoms with Gasteiger partial charge in [0.25, 0.3) is 0 Å². The molecule has 30 heavy (non-hydrogen) atoms. The van der Waals surface area contributed by atoms with Crippen LogP contribution in [0.25, 0.3) is 11.1 Å². The second-order valence-corrected chi connectivity index (χ2v) is 7.82. The summed E-state index contributed by atoms with van der Waals surface area (Å²) in [6.07, 6.45) is 0.783. The van der Waals surface area contributed by atoms with Crippen LogP contribution in [0.2, 0.25) is 0 Å². The molecule has 0 atom stereocenters. The summed E-state index contributed by atoms with van der Waals surface area (Å²) in [6, 6.07) is 7.96. The minimum absolute atomic E-state index is 0.111. The molecule has 3 rings (SSSR count). The molecule has 0 unspecified atom stereocenters. The fraction of sp³-hybridized carbons (Fsp3) is 0.409. The first-order valence-electron chi connectivity index (χ1n) is 9.67. The number of carbonyl (C=O) groups excluding carboxylic acids is 1. The van der Waals surface area contributed by atoms with Crippen LogP contribution >= 0.6 is 11.8 Å². The second-order valence-electron chi connectivity index (χ2n) is 6.86. The Morgan fingerprint density at radius 3 is 2.73 bits per heavy atom. The number of likely N-dealkylation sites (N-methyl/N-ethyl adjacent to an activating group) is 1. The maximum Gasteiger partial charge on any atom is 0.316 e. The SMILES string of the molecule is CCOC(=O)CSc1nc2c(c(-c3ccc(OC)c(OC)c3)c1C#N)CN(C)CC2. The Labute approximate surface area is 180 Å². The van der Waals surface area contributed by atoms with E-state index >= 15 is 0 Å². The minimum atomic E-state index is -0.321. The van der Waals surface area contributed by atoms with Crippen LogP contribution in [0.15, 0.2) is 23.2 Å². The molecule has 0 fully saturated rings. The normalized spacial score (nSPS) is 13.3. The molecule has 0 radical (unpaired) electrons. The number of aromatic nitrogens is 1. The summed E-state index contributed by atoms with van der Waals surface area (Å²) in [5.41, 5.74) is 4.15. The van der Waals surface area contributed by atoms with Gasteiger partial charge in [0.05, 0.1) is 32.1 Å². The topological polar surface area (TPSA) is 84.7 Å². The molecular formula is C22H25N3O4S. The van der Waals surface area contributed by atoms with Crippen molar-refractivity contribution in [3.63, 3.8) is 0 Å². The highest BCUT2D eigenvalue weighted by atomic mass is 32.2. The third kappa shape index (κ3) is 4.53. The van der Waals surface area contributed by atoms with Crippen LogP contribution < -0.4 is 9.47 Å². The largest absolute Gasteiger partial charge is 0.493 e. The Morgan fingerprint density at radius 2 is 2.07 bits per heavy atom. The van der Waals surface area contributed by atoms with Gasteiger partial charge in [0, 0.05) is 30.8 Å². The molecule has 0 N–H and O–H groups in total. The van der Waals surface area contributed by atoms with Crippen LogP contribution in [0.4, 0.5) is 0 Å². The fourth-order valence-corrected chi connectivity index (χ4v) is 4.32. The summed E-state index contributed by atoms with van der Waals surface area (Å²) in [5.74, 6) is 1.00. The Balaban J connectivity index is 2.15. The van der Waals surface area contributed by atoms with E-state index < -0.39 is 0 Å². The summed E-state index contributed by atoms with van der Waals surface area (Å²) in [5, 5.41) is 10.6. The zero-order chi connectivity index (χ0) is 21.7. The highest BCUT2D eigenvalue weighted by molar-refractivity contribution is 7.99. The Morgan fingerprint density at radius 1 is 1.30 bits per heavy atom. The fourth-order valence-electron chi connectivity index (χ4n) is 3.52. The van der Waals surface area contributed by atoms with E-state index in [4.69, 9.17) is 19.2 Å². The average Bonchev–Trinajstić information content (AvgIpc) is 2.76. The van der Waals surface area contributed by atoms with Crippen LogP contribution in [0, 0.1) is 11.3 Å². The number of carbonyl (C=O) groups is 1. The molecule has 0 amide bonds. The lowest BCUT2D eigenvalue weighted by Crippen LogP contribution is -2.28. The number of thioether (sulfide) groups is 1. The van der Waals surface area contributed by atoms with Gasteiger partial charge in [-0.15, -0.1) is 0 Å². The number of benzene rings is 1. The van der Waals surface area contributed by atoms with Gasteiger partial charge in [0.15, 0.2) is 11.5 Å². The van der Waals surface area contributed by atoms with Gasteiger partial charge >= 0.3 is 5.97 Å². The van der Waals surface area contributed by atoms with Crippen LogP contribution in [0.5, 0.6) is 11.5 Å². The molecule has 2 heterocycles. The molecule has 0 saturated heterocycles. The van der Waals surface area contributed by atoms with Crippen LogP contribution in [0.3, 0.4) is 0 Å². The molecule has 1 aromatic carbocycles. The second kappa shape index (κ2) is 9.83. The predicted molar refractivity (Wildman–Crippen MR) is 115 cm³/mol. The summed E-state index contributed by atoms with van der Waals surface area (Å²) < 4.78 is 15.9. The molecule has 0 aliphatic carbocycles. The molecule has 2 aromatic rings. The van der Waals surface area contributed by atoms with Crippen molar-refractivity contribution in [3.8, 4) is 28.7 Å². The maximum absolute atomic E-state index is 11.9. The number of nitriles is 1. The first kappa shape index (κ1) is 21.9. The lowest BCUT2D eigenvalue weighted by Gasteiger charge is -2.28. The van der Waals surface area contributed by atoms with Gasteiger partial charge in [-0.05, 0) is 37.2 Å². The predicted octanol–water partition coefficient (Wildman–Crippen LogP) is 3.28. The number of ether oxygens (including phenoxy) is 3. The smallest absolute Gasteiger partial charge is 0.316 e. The monoisotopic (exact) mass is 427 g/mol. The average molecular weight is 428 g/mol. The molecule has 0 bridgehead atoms. The van der Waals surface area contributed by atoms with Crippen molar-refractivity contribution in [2.45, 2.75) is 24.9 Å². The van der Waals surface area contributed by atoms with Gasteiger partial charge in [0.1, 0.15) is 11.1 Å². The van der Waals surface area contributed by atoms with Crippen molar-refractivity contribution in [1.82, 2.24) is 9.88 Å². The third-order valence-electron chi connectivity index (χ3n) is 4.92. The number of methoxy groups -OCH3 is 2. The molecule has 8 heteroatoms. The van der Waals surface area contributed by atoms with Gasteiger partial charge in [0.2, 0.25) is 0 Å². The summed E-state index contributed by atoms with van der Waals surface area (Å²) >= 11 is 1.24. The van der Waals surface area contributed by atoms with E-state index in [9.17, 15) is 10.1 Å². The molecule has 7 nitrogen and oxygen atoms in total. The number of rotatable bonds is 7. The number of pyridine rings is 1. The molecular weight excluding hydrogens is 402 g/mol. The number of nitrogens with zero attached hydrogens (tertiary/aromatic N) is 3. The number of hydrogen-bond acceptors (Lipinski definition) is 8. The molecule has 1 aromatic heterocycles. The van der Waals surface area contributed by atoms with Gasteiger partial charge in [-0.2, -0.15) is 5.26 Å². The summed E-state index contributed by atoms with van der Waals surface area (Å²) in [6.45, 7) is 3.68. The lowest BCUT2D eigenvalue weighted by molar-refractivity contribution is -0.139. The Kier molecular flexibility index (Phi) is 7.19. The van der Waals surface area contributed by atoms with E-state index in [1.807, 2.05) is 18.2 Å². The highest BCUT2D eigenvalue weighted by Crippen LogP contribution is 2.40. The van der Waals surface area contributed by atoms with Gasteiger partial charge in [-0.1, -0.05) is 17.8 Å². The van der Waals surface area contributed by atoms with Crippen molar-refractivity contribution in [1.29, 1.82) is 5.26 Å². The molecule has 0 spiro atoms. The molecule has 0 saturated carbocycles. The first-order chi connectivity index (χ1) is 14.5. The van der Waals surface area contributed by atoms with E-state index in [1.165, 1.54) is 11.8 Å². The van der Waals surface area contributed by atoms with Crippen LogP contribution in [0.1, 0.15) is 23.7 Å². The van der Waals surface area contributed by atoms with Gasteiger partial charge < -0.3 is 19.1 Å². The Hall–Kier alpha value is -2.76. The summed E-state index contributed by atoms with van der Waals surface area (Å²) in [7, 11) is 5.23. The molecule has 1 aliphatic heterocycles. The van der Waals surface area contributed by atoms with E-state index in [2.05, 4.69) is 18.0 Å². The third-order valence-corrected chi connectivity index (χ3v) is 5.87. The van der Waals surface area contributed by atoms with E-state index in [1.54, 1.807) is 21.1 Å². The summed E-state index contributed by atoms with van der Waals surface area (Å²) in [4.78, 5) is 18.8. The van der Waals surface area contributed by atoms with Crippen molar-refractivity contribution in [2.24, 2.45) is 0 Å². The van der Waals surface area contributed by atoms with Crippen molar-refractivity contribution in [3.05, 3.63) is 35.0 Å². The molecule has 1 aliphatic rings. The van der Waals surface area contributed by atoms with Gasteiger partial charge in [-0.3, -0.25) is 4.79 Å². The Bertz CT molecular complexity index is 987.